The Bertz CT molecular complexity index is 478. The fraction of sp³-hybridized carbons (Fsp3) is 0.438. The third-order valence-electron chi connectivity index (χ3n) is 3.97. The molecule has 1 N–H and O–H groups in total. The van der Waals surface area contributed by atoms with Crippen molar-refractivity contribution in [1.82, 2.24) is 15.1 Å². The minimum absolute atomic E-state index is 0.605. The number of likely N-dealkylation sites (tertiary alicyclic amines) is 1. The molecule has 1 saturated heterocycles. The van der Waals surface area contributed by atoms with E-state index in [2.05, 4.69) is 51.5 Å². The minimum atomic E-state index is 0.605. The van der Waals surface area contributed by atoms with Gasteiger partial charge in [0.1, 0.15) is 0 Å². The molecule has 0 spiro atoms. The number of nitrogens with one attached hydrogen (secondary N) is 1. The molecule has 1 aliphatic rings. The van der Waals surface area contributed by atoms with Crippen LogP contribution in [0.4, 0.5) is 0 Å². The molecule has 1 fully saturated rings. The van der Waals surface area contributed by atoms with E-state index in [1.807, 2.05) is 6.20 Å². The molecule has 3 rings (SSSR count). The third-order valence-corrected chi connectivity index (χ3v) is 3.97. The van der Waals surface area contributed by atoms with Crippen molar-refractivity contribution in [1.29, 1.82) is 0 Å². The summed E-state index contributed by atoms with van der Waals surface area (Å²) in [5, 5.41) is 7.24. The first kappa shape index (κ1) is 12.4. The number of H-pyrrole nitrogens is 1. The van der Waals surface area contributed by atoms with Crippen LogP contribution >= 0.6 is 0 Å². The Balaban J connectivity index is 1.68. The molecule has 1 aliphatic heterocycles. The van der Waals surface area contributed by atoms with Gasteiger partial charge in [0.05, 0.1) is 0 Å². The lowest BCUT2D eigenvalue weighted by Gasteiger charge is -2.23. The van der Waals surface area contributed by atoms with E-state index in [1.54, 1.807) is 0 Å². The summed E-state index contributed by atoms with van der Waals surface area (Å²) < 4.78 is 0. The van der Waals surface area contributed by atoms with E-state index < -0.39 is 0 Å². The fourth-order valence-corrected chi connectivity index (χ4v) is 2.95. The summed E-state index contributed by atoms with van der Waals surface area (Å²) in [6, 6.07) is 12.9. The summed E-state index contributed by atoms with van der Waals surface area (Å²) in [6.45, 7) is 3.40. The molecular formula is C16H21N3. The zero-order valence-corrected chi connectivity index (χ0v) is 11.3. The summed E-state index contributed by atoms with van der Waals surface area (Å²) in [5.41, 5.74) is 2.70. The van der Waals surface area contributed by atoms with Gasteiger partial charge < -0.3 is 0 Å². The van der Waals surface area contributed by atoms with E-state index in [0.717, 1.165) is 13.1 Å². The molecule has 0 saturated carbocycles. The summed E-state index contributed by atoms with van der Waals surface area (Å²) >= 11 is 0. The highest BCUT2D eigenvalue weighted by Gasteiger charge is 2.20. The first-order valence-corrected chi connectivity index (χ1v) is 7.17. The first-order chi connectivity index (χ1) is 9.42. The van der Waals surface area contributed by atoms with E-state index in [0.29, 0.717) is 5.92 Å². The van der Waals surface area contributed by atoms with Gasteiger partial charge in [-0.2, -0.15) is 5.10 Å². The van der Waals surface area contributed by atoms with Crippen LogP contribution in [0, 0.1) is 0 Å². The standard InChI is InChI=1S/C16H21N3/c1-2-6-14(7-3-1)12-19-11-5-4-8-15(13-19)16-9-10-17-18-16/h1-3,6-7,9-10,15H,4-5,8,11-13H2,(H,17,18). The number of hydrogen-bond donors (Lipinski definition) is 1. The summed E-state index contributed by atoms with van der Waals surface area (Å²) in [5.74, 6) is 0.605. The molecule has 0 bridgehead atoms. The number of benzene rings is 1. The number of aromatic amines is 1. The Labute approximate surface area is 114 Å². The number of hydrogen-bond acceptors (Lipinski definition) is 2. The SMILES string of the molecule is c1ccc(CN2CCCCC(c3ccn[nH]3)C2)cc1. The lowest BCUT2D eigenvalue weighted by molar-refractivity contribution is 0.263. The van der Waals surface area contributed by atoms with Crippen molar-refractivity contribution < 1.29 is 0 Å². The van der Waals surface area contributed by atoms with Gasteiger partial charge in [0, 0.05) is 30.9 Å². The molecule has 3 nitrogen and oxygen atoms in total. The highest BCUT2D eigenvalue weighted by atomic mass is 15.1. The molecule has 3 heteroatoms. The zero-order chi connectivity index (χ0) is 12.9. The van der Waals surface area contributed by atoms with Gasteiger partial charge >= 0.3 is 0 Å². The van der Waals surface area contributed by atoms with Crippen molar-refractivity contribution in [3.05, 3.63) is 53.9 Å². The fourth-order valence-electron chi connectivity index (χ4n) is 2.95. The summed E-state index contributed by atoms with van der Waals surface area (Å²) in [7, 11) is 0. The van der Waals surface area contributed by atoms with Crippen molar-refractivity contribution >= 4 is 0 Å². The first-order valence-electron chi connectivity index (χ1n) is 7.17. The van der Waals surface area contributed by atoms with Crippen molar-refractivity contribution in [2.45, 2.75) is 31.7 Å². The van der Waals surface area contributed by atoms with Gasteiger partial charge in [0.2, 0.25) is 0 Å². The molecule has 2 heterocycles. The normalized spacial score (nSPS) is 21.2. The van der Waals surface area contributed by atoms with Crippen LogP contribution in [0.2, 0.25) is 0 Å². The summed E-state index contributed by atoms with van der Waals surface area (Å²) in [4.78, 5) is 2.58. The molecule has 1 atom stereocenters. The van der Waals surface area contributed by atoms with E-state index in [9.17, 15) is 0 Å². The maximum Gasteiger partial charge on any atom is 0.0490 e. The molecule has 2 aromatic rings. The van der Waals surface area contributed by atoms with Gasteiger partial charge in [-0.15, -0.1) is 0 Å². The van der Waals surface area contributed by atoms with Gasteiger partial charge in [-0.05, 0) is 31.0 Å². The lowest BCUT2D eigenvalue weighted by Crippen LogP contribution is -2.27. The number of nitrogens with zero attached hydrogens (tertiary/aromatic N) is 2. The second-order valence-electron chi connectivity index (χ2n) is 5.43. The topological polar surface area (TPSA) is 31.9 Å². The maximum absolute atomic E-state index is 4.09. The molecule has 1 unspecified atom stereocenters. The van der Waals surface area contributed by atoms with Gasteiger partial charge in [-0.25, -0.2) is 0 Å². The Morgan fingerprint density at radius 1 is 1.16 bits per heavy atom. The lowest BCUT2D eigenvalue weighted by atomic mass is 10.00. The van der Waals surface area contributed by atoms with E-state index in [4.69, 9.17) is 0 Å². The van der Waals surface area contributed by atoms with Crippen molar-refractivity contribution in [2.75, 3.05) is 13.1 Å². The molecular weight excluding hydrogens is 234 g/mol. The highest BCUT2D eigenvalue weighted by Crippen LogP contribution is 2.25. The van der Waals surface area contributed by atoms with Crippen molar-refractivity contribution in [2.24, 2.45) is 0 Å². The third kappa shape index (κ3) is 3.24. The average Bonchev–Trinajstić information content (AvgIpc) is 2.88. The molecule has 1 aromatic carbocycles. The van der Waals surface area contributed by atoms with E-state index in [1.165, 1.54) is 37.1 Å². The van der Waals surface area contributed by atoms with E-state index in [-0.39, 0.29) is 0 Å². The van der Waals surface area contributed by atoms with Gasteiger partial charge in [0.25, 0.3) is 0 Å². The van der Waals surface area contributed by atoms with Crippen LogP contribution in [-0.4, -0.2) is 28.2 Å². The van der Waals surface area contributed by atoms with Crippen LogP contribution in [0.25, 0.3) is 0 Å². The smallest absolute Gasteiger partial charge is 0.0490 e. The maximum atomic E-state index is 4.09. The predicted octanol–water partition coefficient (Wildman–Crippen LogP) is 3.18. The number of rotatable bonds is 3. The van der Waals surface area contributed by atoms with Crippen LogP contribution in [0.15, 0.2) is 42.6 Å². The molecule has 0 amide bonds. The van der Waals surface area contributed by atoms with Crippen LogP contribution in [0.5, 0.6) is 0 Å². The number of aromatic nitrogens is 2. The van der Waals surface area contributed by atoms with Crippen LogP contribution < -0.4 is 0 Å². The van der Waals surface area contributed by atoms with Crippen molar-refractivity contribution in [3.8, 4) is 0 Å². The van der Waals surface area contributed by atoms with Crippen LogP contribution in [0.3, 0.4) is 0 Å². The summed E-state index contributed by atoms with van der Waals surface area (Å²) in [6.07, 6.45) is 5.75. The Morgan fingerprint density at radius 3 is 2.84 bits per heavy atom. The molecule has 100 valence electrons. The van der Waals surface area contributed by atoms with E-state index >= 15 is 0 Å². The molecule has 19 heavy (non-hydrogen) atoms. The molecule has 0 radical (unpaired) electrons. The Morgan fingerprint density at radius 2 is 2.05 bits per heavy atom. The second kappa shape index (κ2) is 6.02. The Hall–Kier alpha value is -1.61. The molecule has 0 aliphatic carbocycles. The monoisotopic (exact) mass is 255 g/mol. The quantitative estimate of drug-likeness (QED) is 0.913. The minimum Gasteiger partial charge on any atom is -0.298 e. The second-order valence-corrected chi connectivity index (χ2v) is 5.43. The highest BCUT2D eigenvalue weighted by molar-refractivity contribution is 5.15. The van der Waals surface area contributed by atoms with Gasteiger partial charge in [-0.1, -0.05) is 36.8 Å². The van der Waals surface area contributed by atoms with Gasteiger partial charge in [-0.3, -0.25) is 10.00 Å². The predicted molar refractivity (Wildman–Crippen MR) is 76.9 cm³/mol. The van der Waals surface area contributed by atoms with Crippen LogP contribution in [0.1, 0.15) is 36.4 Å². The largest absolute Gasteiger partial charge is 0.298 e. The van der Waals surface area contributed by atoms with Gasteiger partial charge in [0.15, 0.2) is 0 Å². The Kier molecular flexibility index (Phi) is 3.94. The van der Waals surface area contributed by atoms with Crippen LogP contribution in [-0.2, 0) is 6.54 Å². The average molecular weight is 255 g/mol. The zero-order valence-electron chi connectivity index (χ0n) is 11.3. The van der Waals surface area contributed by atoms with Crippen molar-refractivity contribution in [3.63, 3.8) is 0 Å². The molecule has 1 aromatic heterocycles.